The molecule has 0 saturated carbocycles. The molecule has 0 bridgehead atoms. The maximum absolute atomic E-state index is 9.29. The Bertz CT molecular complexity index is 262. The van der Waals surface area contributed by atoms with Gasteiger partial charge >= 0.3 is 0 Å². The lowest BCUT2D eigenvalue weighted by Gasteiger charge is -2.07. The molecule has 0 fully saturated rings. The topological polar surface area (TPSA) is 45.4 Å². The van der Waals surface area contributed by atoms with Crippen LogP contribution in [0.25, 0.3) is 0 Å². The fourth-order valence-corrected chi connectivity index (χ4v) is 1.47. The maximum atomic E-state index is 9.29. The van der Waals surface area contributed by atoms with Gasteiger partial charge in [-0.15, -0.1) is 0 Å². The van der Waals surface area contributed by atoms with Gasteiger partial charge in [0.25, 0.3) is 0 Å². The van der Waals surface area contributed by atoms with E-state index in [4.69, 9.17) is 4.42 Å². The Hall–Kier alpha value is -0.320. The first-order chi connectivity index (χ1) is 6.72. The molecule has 1 rings (SSSR count). The highest BCUT2D eigenvalue weighted by Gasteiger charge is 2.01. The van der Waals surface area contributed by atoms with Gasteiger partial charge in [0.2, 0.25) is 0 Å². The highest BCUT2D eigenvalue weighted by molar-refractivity contribution is 9.10. The van der Waals surface area contributed by atoms with Crippen LogP contribution in [-0.4, -0.2) is 17.8 Å². The zero-order valence-electron chi connectivity index (χ0n) is 8.29. The molecule has 4 heteroatoms. The molecule has 1 heterocycles. The first-order valence-corrected chi connectivity index (χ1v) is 5.64. The van der Waals surface area contributed by atoms with Crippen LogP contribution in [0, 0.1) is 0 Å². The van der Waals surface area contributed by atoms with Crippen LogP contribution in [0.4, 0.5) is 0 Å². The van der Waals surface area contributed by atoms with E-state index in [2.05, 4.69) is 21.2 Å². The van der Waals surface area contributed by atoms with Gasteiger partial charge in [0.15, 0.2) is 4.67 Å². The third-order valence-corrected chi connectivity index (χ3v) is 2.48. The Morgan fingerprint density at radius 3 is 2.93 bits per heavy atom. The molecule has 2 N–H and O–H groups in total. The SMILES string of the molecule is CCC(O)CCNCc1ccc(Br)o1. The predicted molar refractivity (Wildman–Crippen MR) is 59.0 cm³/mol. The molecule has 1 atom stereocenters. The number of furan rings is 1. The van der Waals surface area contributed by atoms with Gasteiger partial charge < -0.3 is 14.8 Å². The lowest BCUT2D eigenvalue weighted by atomic mass is 10.2. The number of nitrogens with one attached hydrogen (secondary N) is 1. The standard InChI is InChI=1S/C10H16BrNO2/c1-2-8(13)5-6-12-7-9-3-4-10(11)14-9/h3-4,8,12-13H,2,5-7H2,1H3. The van der Waals surface area contributed by atoms with E-state index in [1.807, 2.05) is 19.1 Å². The predicted octanol–water partition coefficient (Wildman–Crippen LogP) is 2.29. The van der Waals surface area contributed by atoms with Crippen molar-refractivity contribution >= 4 is 15.9 Å². The van der Waals surface area contributed by atoms with Gasteiger partial charge in [-0.3, -0.25) is 0 Å². The largest absolute Gasteiger partial charge is 0.453 e. The number of aliphatic hydroxyl groups is 1. The van der Waals surface area contributed by atoms with E-state index in [0.29, 0.717) is 6.54 Å². The van der Waals surface area contributed by atoms with E-state index in [-0.39, 0.29) is 6.10 Å². The number of hydrogen-bond donors (Lipinski definition) is 2. The summed E-state index contributed by atoms with van der Waals surface area (Å²) < 4.78 is 6.06. The summed E-state index contributed by atoms with van der Waals surface area (Å²) in [6.07, 6.45) is 1.41. The van der Waals surface area contributed by atoms with E-state index in [1.165, 1.54) is 0 Å². The molecule has 0 amide bonds. The Balaban J connectivity index is 2.10. The first kappa shape index (κ1) is 11.8. The van der Waals surface area contributed by atoms with Crippen LogP contribution in [0.15, 0.2) is 21.2 Å². The Kier molecular flexibility index (Phi) is 5.22. The van der Waals surface area contributed by atoms with Crippen molar-refractivity contribution in [1.82, 2.24) is 5.32 Å². The van der Waals surface area contributed by atoms with Crippen LogP contribution >= 0.6 is 15.9 Å². The van der Waals surface area contributed by atoms with Crippen LogP contribution in [0.5, 0.6) is 0 Å². The van der Waals surface area contributed by atoms with Crippen LogP contribution in [0.1, 0.15) is 25.5 Å². The van der Waals surface area contributed by atoms with Gasteiger partial charge in [0.1, 0.15) is 5.76 Å². The zero-order valence-corrected chi connectivity index (χ0v) is 9.88. The number of aliphatic hydroxyl groups excluding tert-OH is 1. The summed E-state index contributed by atoms with van der Waals surface area (Å²) in [5.74, 6) is 0.905. The third kappa shape index (κ3) is 4.26. The van der Waals surface area contributed by atoms with Gasteiger partial charge in [-0.25, -0.2) is 0 Å². The molecule has 0 spiro atoms. The highest BCUT2D eigenvalue weighted by Crippen LogP contribution is 2.13. The van der Waals surface area contributed by atoms with E-state index in [1.54, 1.807) is 0 Å². The summed E-state index contributed by atoms with van der Waals surface area (Å²) in [4.78, 5) is 0. The second kappa shape index (κ2) is 6.22. The van der Waals surface area contributed by atoms with Crippen LogP contribution in [0.2, 0.25) is 0 Å². The second-order valence-corrected chi connectivity index (χ2v) is 4.01. The fraction of sp³-hybridized carbons (Fsp3) is 0.600. The van der Waals surface area contributed by atoms with Crippen molar-refractivity contribution < 1.29 is 9.52 Å². The lowest BCUT2D eigenvalue weighted by molar-refractivity contribution is 0.159. The maximum Gasteiger partial charge on any atom is 0.169 e. The quantitative estimate of drug-likeness (QED) is 0.773. The molecule has 0 aromatic carbocycles. The molecule has 0 saturated heterocycles. The molecule has 1 unspecified atom stereocenters. The van der Waals surface area contributed by atoms with Gasteiger partial charge in [-0.2, -0.15) is 0 Å². The molecule has 1 aromatic rings. The molecule has 1 aromatic heterocycles. The van der Waals surface area contributed by atoms with Crippen molar-refractivity contribution in [1.29, 1.82) is 0 Å². The Morgan fingerprint density at radius 1 is 1.57 bits per heavy atom. The van der Waals surface area contributed by atoms with E-state index < -0.39 is 0 Å². The number of halogens is 1. The molecule has 14 heavy (non-hydrogen) atoms. The normalized spacial score (nSPS) is 13.1. The minimum Gasteiger partial charge on any atom is -0.453 e. The van der Waals surface area contributed by atoms with Gasteiger partial charge in [0.05, 0.1) is 12.6 Å². The molecule has 3 nitrogen and oxygen atoms in total. The van der Waals surface area contributed by atoms with Crippen molar-refractivity contribution in [3.05, 3.63) is 22.6 Å². The van der Waals surface area contributed by atoms with E-state index >= 15 is 0 Å². The summed E-state index contributed by atoms with van der Waals surface area (Å²) >= 11 is 3.24. The van der Waals surface area contributed by atoms with Crippen LogP contribution < -0.4 is 5.32 Å². The smallest absolute Gasteiger partial charge is 0.169 e. The molecule has 0 aliphatic rings. The fourth-order valence-electron chi connectivity index (χ4n) is 1.13. The third-order valence-electron chi connectivity index (χ3n) is 2.05. The number of hydrogen-bond acceptors (Lipinski definition) is 3. The zero-order chi connectivity index (χ0) is 10.4. The molecule has 0 aliphatic heterocycles. The Morgan fingerprint density at radius 2 is 2.36 bits per heavy atom. The monoisotopic (exact) mass is 261 g/mol. The van der Waals surface area contributed by atoms with Crippen LogP contribution in [0.3, 0.4) is 0 Å². The van der Waals surface area contributed by atoms with Crippen molar-refractivity contribution in [2.24, 2.45) is 0 Å². The van der Waals surface area contributed by atoms with Gasteiger partial charge in [0, 0.05) is 0 Å². The summed E-state index contributed by atoms with van der Waals surface area (Å²) in [5, 5.41) is 12.5. The minimum atomic E-state index is -0.189. The first-order valence-electron chi connectivity index (χ1n) is 4.85. The van der Waals surface area contributed by atoms with Gasteiger partial charge in [-0.1, -0.05) is 6.92 Å². The van der Waals surface area contributed by atoms with Crippen LogP contribution in [-0.2, 0) is 6.54 Å². The van der Waals surface area contributed by atoms with Crippen molar-refractivity contribution in [3.8, 4) is 0 Å². The lowest BCUT2D eigenvalue weighted by Crippen LogP contribution is -2.19. The summed E-state index contributed by atoms with van der Waals surface area (Å²) in [5.41, 5.74) is 0. The van der Waals surface area contributed by atoms with Crippen molar-refractivity contribution in [2.45, 2.75) is 32.4 Å². The van der Waals surface area contributed by atoms with E-state index in [9.17, 15) is 5.11 Å². The minimum absolute atomic E-state index is 0.189. The molecule has 0 radical (unpaired) electrons. The van der Waals surface area contributed by atoms with E-state index in [0.717, 1.165) is 29.8 Å². The average molecular weight is 262 g/mol. The summed E-state index contributed by atoms with van der Waals surface area (Å²) in [6, 6.07) is 3.80. The summed E-state index contributed by atoms with van der Waals surface area (Å²) in [7, 11) is 0. The van der Waals surface area contributed by atoms with Crippen molar-refractivity contribution in [3.63, 3.8) is 0 Å². The van der Waals surface area contributed by atoms with Gasteiger partial charge in [-0.05, 0) is 47.4 Å². The Labute approximate surface area is 92.6 Å². The molecular weight excluding hydrogens is 246 g/mol. The molecule has 80 valence electrons. The highest BCUT2D eigenvalue weighted by atomic mass is 79.9. The average Bonchev–Trinajstić information content (AvgIpc) is 2.58. The molecular formula is C10H16BrNO2. The second-order valence-electron chi connectivity index (χ2n) is 3.23. The number of rotatable bonds is 6. The molecule has 0 aliphatic carbocycles. The summed E-state index contributed by atoms with van der Waals surface area (Å²) in [6.45, 7) is 3.50. The van der Waals surface area contributed by atoms with Crippen molar-refractivity contribution in [2.75, 3.05) is 6.54 Å².